The molecule has 1 saturated heterocycles. The largest absolute Gasteiger partial charge is 0.491 e. The number of carbonyl (C=O) groups is 1. The lowest BCUT2D eigenvalue weighted by Gasteiger charge is -2.46. The topological polar surface area (TPSA) is 65.0 Å². The lowest BCUT2D eigenvalue weighted by atomic mass is 10.0. The molecule has 2 aliphatic rings. The van der Waals surface area contributed by atoms with Crippen LogP contribution in [0.5, 0.6) is 5.75 Å². The molecule has 0 radical (unpaired) electrons. The van der Waals surface area contributed by atoms with Gasteiger partial charge in [0.15, 0.2) is 0 Å². The summed E-state index contributed by atoms with van der Waals surface area (Å²) in [5.41, 5.74) is 3.10. The van der Waals surface area contributed by atoms with Crippen LogP contribution in [0.4, 0.5) is 11.4 Å². The highest BCUT2D eigenvalue weighted by molar-refractivity contribution is 6.30. The van der Waals surface area contributed by atoms with Crippen molar-refractivity contribution in [3.05, 3.63) is 53.1 Å². The van der Waals surface area contributed by atoms with E-state index in [0.29, 0.717) is 31.5 Å². The first-order valence-corrected chi connectivity index (χ1v) is 11.3. The van der Waals surface area contributed by atoms with Gasteiger partial charge in [-0.3, -0.25) is 9.69 Å². The number of rotatable bonds is 6. The molecular weight excluding hydrogens is 414 g/mol. The number of amides is 1. The second-order valence-electron chi connectivity index (χ2n) is 8.61. The number of hydrogen-bond donors (Lipinski definition) is 2. The van der Waals surface area contributed by atoms with E-state index in [4.69, 9.17) is 16.3 Å². The van der Waals surface area contributed by atoms with Gasteiger partial charge in [0.2, 0.25) is 5.91 Å². The number of hydrogen-bond acceptors (Lipinski definition) is 5. The van der Waals surface area contributed by atoms with E-state index in [1.807, 2.05) is 30.3 Å². The number of halogens is 1. The third kappa shape index (κ3) is 5.32. The van der Waals surface area contributed by atoms with Crippen molar-refractivity contribution < 1.29 is 14.6 Å². The van der Waals surface area contributed by atoms with Gasteiger partial charge in [0.25, 0.3) is 0 Å². The van der Waals surface area contributed by atoms with Crippen molar-refractivity contribution in [1.29, 1.82) is 0 Å². The molecule has 0 aliphatic carbocycles. The number of anilines is 2. The second-order valence-corrected chi connectivity index (χ2v) is 9.04. The minimum Gasteiger partial charge on any atom is -0.491 e. The van der Waals surface area contributed by atoms with Crippen molar-refractivity contribution in [3.63, 3.8) is 0 Å². The molecule has 1 fully saturated rings. The number of β-amino-alcohol motifs (C(OH)–C–C–N with tert-alkyl or cyclic N) is 1. The van der Waals surface area contributed by atoms with Gasteiger partial charge in [0, 0.05) is 54.5 Å². The van der Waals surface area contributed by atoms with Crippen LogP contribution in [0.2, 0.25) is 5.02 Å². The van der Waals surface area contributed by atoms with Crippen molar-refractivity contribution in [1.82, 2.24) is 4.90 Å². The number of fused-ring (bicyclic) bond motifs is 1. The van der Waals surface area contributed by atoms with Crippen LogP contribution in [-0.4, -0.2) is 60.3 Å². The average Bonchev–Trinajstić information content (AvgIpc) is 2.75. The van der Waals surface area contributed by atoms with Crippen LogP contribution in [0.15, 0.2) is 42.5 Å². The van der Waals surface area contributed by atoms with E-state index >= 15 is 0 Å². The second kappa shape index (κ2) is 9.47. The summed E-state index contributed by atoms with van der Waals surface area (Å²) in [6.07, 6.45) is 0.632. The molecule has 2 aromatic rings. The minimum atomic E-state index is -0.581. The fourth-order valence-corrected chi connectivity index (χ4v) is 4.64. The van der Waals surface area contributed by atoms with Crippen molar-refractivity contribution in [2.45, 2.75) is 44.9 Å². The molecule has 0 unspecified atom stereocenters. The Balaban J connectivity index is 1.30. The van der Waals surface area contributed by atoms with Gasteiger partial charge in [0.05, 0.1) is 0 Å². The highest BCUT2D eigenvalue weighted by Gasteiger charge is 2.31. The van der Waals surface area contributed by atoms with Crippen LogP contribution in [0.25, 0.3) is 0 Å². The van der Waals surface area contributed by atoms with Crippen LogP contribution in [0.3, 0.4) is 0 Å². The third-order valence-electron chi connectivity index (χ3n) is 6.13. The summed E-state index contributed by atoms with van der Waals surface area (Å²) >= 11 is 6.02. The lowest BCUT2D eigenvalue weighted by Crippen LogP contribution is -2.58. The Hall–Kier alpha value is -2.28. The molecule has 2 heterocycles. The molecule has 0 aromatic heterocycles. The normalized spacial score (nSPS) is 22.6. The Kier molecular flexibility index (Phi) is 6.70. The number of aliphatic hydroxyl groups excluding tert-OH is 1. The quantitative estimate of drug-likeness (QED) is 0.714. The number of aliphatic hydroxyl groups is 1. The van der Waals surface area contributed by atoms with Crippen LogP contribution < -0.4 is 15.0 Å². The summed E-state index contributed by atoms with van der Waals surface area (Å²) in [5, 5.41) is 14.3. The van der Waals surface area contributed by atoms with Gasteiger partial charge < -0.3 is 20.1 Å². The summed E-state index contributed by atoms with van der Waals surface area (Å²) in [5.74, 6) is 0.776. The van der Waals surface area contributed by atoms with Gasteiger partial charge in [0.1, 0.15) is 18.5 Å². The fraction of sp³-hybridized carbons (Fsp3) is 0.458. The van der Waals surface area contributed by atoms with Crippen molar-refractivity contribution in [3.8, 4) is 5.75 Å². The highest BCUT2D eigenvalue weighted by atomic mass is 35.5. The summed E-state index contributed by atoms with van der Waals surface area (Å²) in [6.45, 7) is 7.00. The van der Waals surface area contributed by atoms with Crippen LogP contribution in [0, 0.1) is 0 Å². The molecule has 0 spiro atoms. The molecule has 166 valence electrons. The maximum absolute atomic E-state index is 11.5. The number of benzene rings is 2. The molecule has 0 bridgehead atoms. The Morgan fingerprint density at radius 1 is 1.13 bits per heavy atom. The molecule has 0 saturated carbocycles. The zero-order valence-corrected chi connectivity index (χ0v) is 18.8. The van der Waals surface area contributed by atoms with Gasteiger partial charge in [-0.2, -0.15) is 0 Å². The maximum Gasteiger partial charge on any atom is 0.224 e. The molecule has 1 amide bonds. The van der Waals surface area contributed by atoms with E-state index in [2.05, 4.69) is 41.1 Å². The predicted molar refractivity (Wildman–Crippen MR) is 124 cm³/mol. The van der Waals surface area contributed by atoms with Crippen LogP contribution in [-0.2, 0) is 11.2 Å². The van der Waals surface area contributed by atoms with E-state index in [9.17, 15) is 9.90 Å². The standard InChI is InChI=1S/C24H30ClN3O3/c1-16-12-27(20-6-4-19(25)5-7-20)13-17(2)28(16)14-21(29)15-31-22-8-9-23-18(11-22)3-10-24(30)26-23/h4-9,11,16-17,21,29H,3,10,12-15H2,1-2H3,(H,26,30)/t16-,17+,21-/m0/s1. The van der Waals surface area contributed by atoms with Crippen molar-refractivity contribution in [2.75, 3.05) is 36.5 Å². The van der Waals surface area contributed by atoms with E-state index in [1.54, 1.807) is 0 Å². The molecule has 2 N–H and O–H groups in total. The first-order chi connectivity index (χ1) is 14.9. The van der Waals surface area contributed by atoms with E-state index < -0.39 is 6.10 Å². The number of nitrogens with one attached hydrogen (secondary N) is 1. The van der Waals surface area contributed by atoms with Gasteiger partial charge in [-0.05, 0) is 68.3 Å². The SMILES string of the molecule is C[C@@H]1CN(c2ccc(Cl)cc2)C[C@H](C)N1C[C@H](O)COc1ccc2c(c1)CCC(=O)N2. The van der Waals surface area contributed by atoms with E-state index in [-0.39, 0.29) is 12.5 Å². The predicted octanol–water partition coefficient (Wildman–Crippen LogP) is 3.56. The summed E-state index contributed by atoms with van der Waals surface area (Å²) < 4.78 is 5.86. The van der Waals surface area contributed by atoms with Crippen molar-refractivity contribution in [2.24, 2.45) is 0 Å². The molecule has 2 aromatic carbocycles. The number of aryl methyl sites for hydroxylation is 1. The summed E-state index contributed by atoms with van der Waals surface area (Å²) in [4.78, 5) is 16.2. The molecule has 3 atom stereocenters. The Morgan fingerprint density at radius 3 is 2.55 bits per heavy atom. The molecule has 2 aliphatic heterocycles. The van der Waals surface area contributed by atoms with Crippen LogP contribution >= 0.6 is 11.6 Å². The number of carbonyl (C=O) groups excluding carboxylic acids is 1. The fourth-order valence-electron chi connectivity index (χ4n) is 4.52. The highest BCUT2D eigenvalue weighted by Crippen LogP contribution is 2.27. The van der Waals surface area contributed by atoms with Gasteiger partial charge >= 0.3 is 0 Å². The lowest BCUT2D eigenvalue weighted by molar-refractivity contribution is -0.116. The zero-order valence-electron chi connectivity index (χ0n) is 18.1. The molecule has 4 rings (SSSR count). The molecular formula is C24H30ClN3O3. The molecule has 31 heavy (non-hydrogen) atoms. The first kappa shape index (κ1) is 21.9. The molecule has 7 heteroatoms. The summed E-state index contributed by atoms with van der Waals surface area (Å²) in [6, 6.07) is 14.2. The summed E-state index contributed by atoms with van der Waals surface area (Å²) in [7, 11) is 0. The Labute approximate surface area is 188 Å². The number of ether oxygens (including phenoxy) is 1. The Bertz CT molecular complexity index is 909. The number of piperazine rings is 1. The van der Waals surface area contributed by atoms with Gasteiger partial charge in [-0.25, -0.2) is 0 Å². The first-order valence-electron chi connectivity index (χ1n) is 10.9. The smallest absolute Gasteiger partial charge is 0.224 e. The maximum atomic E-state index is 11.5. The Morgan fingerprint density at radius 2 is 1.84 bits per heavy atom. The van der Waals surface area contributed by atoms with Crippen LogP contribution in [0.1, 0.15) is 25.8 Å². The minimum absolute atomic E-state index is 0.0518. The zero-order chi connectivity index (χ0) is 22.0. The monoisotopic (exact) mass is 443 g/mol. The van der Waals surface area contributed by atoms with Gasteiger partial charge in [-0.15, -0.1) is 0 Å². The van der Waals surface area contributed by atoms with Crippen molar-refractivity contribution >= 4 is 28.9 Å². The van der Waals surface area contributed by atoms with E-state index in [1.165, 1.54) is 5.69 Å². The molecule has 6 nitrogen and oxygen atoms in total. The number of nitrogens with zero attached hydrogens (tertiary/aromatic N) is 2. The van der Waals surface area contributed by atoms with Gasteiger partial charge in [-0.1, -0.05) is 11.6 Å². The van der Waals surface area contributed by atoms with E-state index in [0.717, 1.165) is 35.1 Å². The average molecular weight is 444 g/mol. The third-order valence-corrected chi connectivity index (χ3v) is 6.38.